The fourth-order valence-corrected chi connectivity index (χ4v) is 7.64. The van der Waals surface area contributed by atoms with Crippen LogP contribution < -0.4 is 5.32 Å². The molecule has 0 radical (unpaired) electrons. The van der Waals surface area contributed by atoms with Crippen LogP contribution in [0.4, 0.5) is 0 Å². The van der Waals surface area contributed by atoms with Crippen LogP contribution in [0.15, 0.2) is 59.5 Å². The van der Waals surface area contributed by atoms with Gasteiger partial charge in [0.25, 0.3) is 0 Å². The Bertz CT molecular complexity index is 1270. The molecule has 8 nitrogen and oxygen atoms in total. The third-order valence-corrected chi connectivity index (χ3v) is 10.3. The number of hydrogen-bond donors (Lipinski definition) is 1. The Balaban J connectivity index is 1.32. The number of aryl methyl sites for hydroxylation is 1. The number of carbonyl (C=O) groups is 1. The second-order valence-corrected chi connectivity index (χ2v) is 14.4. The summed E-state index contributed by atoms with van der Waals surface area (Å²) in [7, 11) is -3.77. The number of likely N-dealkylation sites (tertiary alicyclic amines) is 1. The van der Waals surface area contributed by atoms with Crippen molar-refractivity contribution in [2.45, 2.75) is 63.8 Å². The SMILES string of the molecule is Cc1ccc(S(=O)(=O)N2CCC[C@H]2C(=O)NCC2(C)CN(Cc3ccccc3)CC23OCC(C)(C)CO3)cc1. The van der Waals surface area contributed by atoms with E-state index in [4.69, 9.17) is 9.47 Å². The van der Waals surface area contributed by atoms with Crippen molar-refractivity contribution in [3.05, 3.63) is 65.7 Å². The molecule has 1 amide bonds. The molecule has 9 heteroatoms. The van der Waals surface area contributed by atoms with E-state index in [1.54, 1.807) is 24.3 Å². The van der Waals surface area contributed by atoms with Gasteiger partial charge in [0.15, 0.2) is 5.79 Å². The van der Waals surface area contributed by atoms with E-state index in [0.29, 0.717) is 52.2 Å². The second-order valence-electron chi connectivity index (χ2n) is 12.5. The average molecular weight is 556 g/mol. The largest absolute Gasteiger partial charge is 0.354 e. The van der Waals surface area contributed by atoms with Crippen LogP contribution in [0.5, 0.6) is 0 Å². The monoisotopic (exact) mass is 555 g/mol. The van der Waals surface area contributed by atoms with Crippen LogP contribution in [0.2, 0.25) is 0 Å². The summed E-state index contributed by atoms with van der Waals surface area (Å²) >= 11 is 0. The molecule has 2 atom stereocenters. The highest BCUT2D eigenvalue weighted by Crippen LogP contribution is 2.47. The van der Waals surface area contributed by atoms with E-state index >= 15 is 0 Å². The molecule has 3 aliphatic heterocycles. The first-order valence-corrected chi connectivity index (χ1v) is 15.3. The highest BCUT2D eigenvalue weighted by Gasteiger charge is 2.60. The van der Waals surface area contributed by atoms with Gasteiger partial charge < -0.3 is 14.8 Å². The van der Waals surface area contributed by atoms with Gasteiger partial charge in [-0.25, -0.2) is 8.42 Å². The molecule has 3 saturated heterocycles. The third kappa shape index (κ3) is 5.65. The number of carbonyl (C=O) groups excluding carboxylic acids is 1. The average Bonchev–Trinajstić information content (AvgIpc) is 3.50. The van der Waals surface area contributed by atoms with Gasteiger partial charge in [0.1, 0.15) is 6.04 Å². The number of rotatable bonds is 7. The first-order chi connectivity index (χ1) is 18.4. The minimum absolute atomic E-state index is 0.0864. The van der Waals surface area contributed by atoms with Crippen LogP contribution in [0.1, 0.15) is 44.7 Å². The van der Waals surface area contributed by atoms with E-state index < -0.39 is 27.3 Å². The van der Waals surface area contributed by atoms with E-state index in [0.717, 1.165) is 12.1 Å². The smallest absolute Gasteiger partial charge is 0.243 e. The molecule has 3 heterocycles. The zero-order valence-electron chi connectivity index (χ0n) is 23.5. The van der Waals surface area contributed by atoms with E-state index in [1.165, 1.54) is 9.87 Å². The highest BCUT2D eigenvalue weighted by atomic mass is 32.2. The zero-order chi connectivity index (χ0) is 27.9. The Hall–Kier alpha value is -2.30. The lowest BCUT2D eigenvalue weighted by atomic mass is 9.81. The maximum absolute atomic E-state index is 13.5. The molecule has 3 fully saturated rings. The lowest BCUT2D eigenvalue weighted by molar-refractivity contribution is -0.327. The molecular weight excluding hydrogens is 514 g/mol. The summed E-state index contributed by atoms with van der Waals surface area (Å²) in [6.07, 6.45) is 1.15. The van der Waals surface area contributed by atoms with Gasteiger partial charge in [-0.3, -0.25) is 9.69 Å². The summed E-state index contributed by atoms with van der Waals surface area (Å²) in [5, 5.41) is 3.11. The molecule has 0 aliphatic carbocycles. The van der Waals surface area contributed by atoms with Crippen molar-refractivity contribution in [2.75, 3.05) is 39.4 Å². The van der Waals surface area contributed by atoms with Crippen molar-refractivity contribution in [3.63, 3.8) is 0 Å². The van der Waals surface area contributed by atoms with Crippen LogP contribution in [-0.2, 0) is 30.8 Å². The van der Waals surface area contributed by atoms with Gasteiger partial charge in [0.2, 0.25) is 15.9 Å². The molecule has 3 aliphatic rings. The summed E-state index contributed by atoms with van der Waals surface area (Å²) in [4.78, 5) is 16.1. The topological polar surface area (TPSA) is 88.2 Å². The quantitative estimate of drug-likeness (QED) is 0.562. The first kappa shape index (κ1) is 28.2. The molecule has 1 spiro atoms. The van der Waals surface area contributed by atoms with Crippen molar-refractivity contribution in [2.24, 2.45) is 10.8 Å². The minimum Gasteiger partial charge on any atom is -0.354 e. The molecule has 2 aromatic rings. The second kappa shape index (κ2) is 10.6. The number of benzene rings is 2. The molecule has 0 saturated carbocycles. The van der Waals surface area contributed by atoms with Crippen LogP contribution in [-0.4, -0.2) is 74.8 Å². The van der Waals surface area contributed by atoms with E-state index in [9.17, 15) is 13.2 Å². The summed E-state index contributed by atoms with van der Waals surface area (Å²) < 4.78 is 41.2. The summed E-state index contributed by atoms with van der Waals surface area (Å²) in [5.74, 6) is -1.12. The van der Waals surface area contributed by atoms with E-state index in [1.807, 2.05) is 25.1 Å². The Kier molecular flexibility index (Phi) is 7.67. The Morgan fingerprint density at radius 3 is 2.33 bits per heavy atom. The van der Waals surface area contributed by atoms with E-state index in [2.05, 4.69) is 43.1 Å². The molecular formula is C30H41N3O5S. The van der Waals surface area contributed by atoms with Crippen molar-refractivity contribution >= 4 is 15.9 Å². The van der Waals surface area contributed by atoms with Gasteiger partial charge >= 0.3 is 0 Å². The third-order valence-electron chi connectivity index (χ3n) is 8.35. The van der Waals surface area contributed by atoms with Crippen LogP contribution >= 0.6 is 0 Å². The zero-order valence-corrected chi connectivity index (χ0v) is 24.3. The maximum Gasteiger partial charge on any atom is 0.243 e. The molecule has 5 rings (SSSR count). The fourth-order valence-electron chi connectivity index (χ4n) is 5.98. The Morgan fingerprint density at radius 1 is 1.00 bits per heavy atom. The first-order valence-electron chi connectivity index (χ1n) is 13.8. The molecule has 2 aromatic carbocycles. The summed E-state index contributed by atoms with van der Waals surface area (Å²) in [5.41, 5.74) is 1.59. The molecule has 1 N–H and O–H groups in total. The van der Waals surface area contributed by atoms with E-state index in [-0.39, 0.29) is 16.2 Å². The molecule has 212 valence electrons. The Labute approximate surface area is 232 Å². The van der Waals surface area contributed by atoms with Gasteiger partial charge in [0, 0.05) is 31.6 Å². The number of hydrogen-bond acceptors (Lipinski definition) is 6. The van der Waals surface area contributed by atoms with Crippen LogP contribution in [0.25, 0.3) is 0 Å². The lowest BCUT2D eigenvalue weighted by Gasteiger charge is -2.48. The highest BCUT2D eigenvalue weighted by molar-refractivity contribution is 7.89. The van der Waals surface area contributed by atoms with Crippen LogP contribution in [0, 0.1) is 17.8 Å². The number of sulfonamides is 1. The van der Waals surface area contributed by atoms with Gasteiger partial charge in [-0.15, -0.1) is 0 Å². The number of ether oxygens (including phenoxy) is 2. The lowest BCUT2D eigenvalue weighted by Crippen LogP contribution is -2.60. The van der Waals surface area contributed by atoms with Crippen molar-refractivity contribution in [1.82, 2.24) is 14.5 Å². The van der Waals surface area contributed by atoms with Gasteiger partial charge in [-0.05, 0) is 37.5 Å². The predicted molar refractivity (Wildman–Crippen MR) is 149 cm³/mol. The molecule has 1 unspecified atom stereocenters. The molecule has 39 heavy (non-hydrogen) atoms. The van der Waals surface area contributed by atoms with Crippen molar-refractivity contribution < 1.29 is 22.7 Å². The van der Waals surface area contributed by atoms with Gasteiger partial charge in [0.05, 0.1) is 30.1 Å². The number of amides is 1. The molecule has 0 bridgehead atoms. The van der Waals surface area contributed by atoms with Gasteiger partial charge in [-0.1, -0.05) is 68.8 Å². The number of nitrogens with one attached hydrogen (secondary N) is 1. The van der Waals surface area contributed by atoms with Crippen LogP contribution in [0.3, 0.4) is 0 Å². The summed E-state index contributed by atoms with van der Waals surface area (Å²) in [6, 6.07) is 16.4. The summed E-state index contributed by atoms with van der Waals surface area (Å²) in [6.45, 7) is 12.1. The molecule has 0 aromatic heterocycles. The minimum atomic E-state index is -3.77. The van der Waals surface area contributed by atoms with Crippen molar-refractivity contribution in [1.29, 1.82) is 0 Å². The Morgan fingerprint density at radius 2 is 1.67 bits per heavy atom. The number of nitrogens with zero attached hydrogens (tertiary/aromatic N) is 2. The van der Waals surface area contributed by atoms with Gasteiger partial charge in [-0.2, -0.15) is 4.31 Å². The maximum atomic E-state index is 13.5. The predicted octanol–water partition coefficient (Wildman–Crippen LogP) is 3.56. The van der Waals surface area contributed by atoms with Crippen molar-refractivity contribution in [3.8, 4) is 0 Å². The normalized spacial score (nSPS) is 27.1. The standard InChI is InChI=1S/C30H41N3O5S/c1-23-12-14-25(15-13-23)39(35,36)33-16-8-11-26(33)27(34)31-18-29(4)19-32(17-24-9-6-5-7-10-24)20-30(29)37-21-28(2,3)22-38-30/h5-7,9-10,12-15,26H,8,11,16-22H2,1-4H3,(H,31,34)/t26-,29?/m0/s1. The fraction of sp³-hybridized carbons (Fsp3) is 0.567.